The van der Waals surface area contributed by atoms with E-state index in [9.17, 15) is 29.4 Å². The molecule has 14 heteroatoms. The Labute approximate surface area is 142 Å². The second-order valence-corrected chi connectivity index (χ2v) is 6.14. The predicted octanol–water partition coefficient (Wildman–Crippen LogP) is -2.40. The molecule has 1 aromatic heterocycles. The van der Waals surface area contributed by atoms with Crippen LogP contribution in [0.2, 0.25) is 0 Å². The molecule has 2 heterocycles. The van der Waals surface area contributed by atoms with Gasteiger partial charge >= 0.3 is 5.69 Å². The van der Waals surface area contributed by atoms with E-state index in [1.807, 2.05) is 0 Å². The van der Waals surface area contributed by atoms with Crippen molar-refractivity contribution in [2.24, 2.45) is 0 Å². The first-order valence-electron chi connectivity index (χ1n) is 6.69. The van der Waals surface area contributed by atoms with Gasteiger partial charge in [-0.1, -0.05) is 6.92 Å². The van der Waals surface area contributed by atoms with Gasteiger partial charge in [0.2, 0.25) is 0 Å². The number of hydrogen-bond acceptors (Lipinski definition) is 10. The van der Waals surface area contributed by atoms with Crippen molar-refractivity contribution >= 4 is 13.6 Å². The molecule has 25 heavy (non-hydrogen) atoms. The van der Waals surface area contributed by atoms with Gasteiger partial charge in [0.25, 0.3) is 0 Å². The van der Waals surface area contributed by atoms with E-state index >= 15 is 0 Å². The van der Waals surface area contributed by atoms with Gasteiger partial charge in [-0.2, -0.15) is 4.98 Å². The molecular formula is C11H24N5O8P. The fourth-order valence-electron chi connectivity index (χ4n) is 2.24. The van der Waals surface area contributed by atoms with Gasteiger partial charge in [-0.15, -0.1) is 0 Å². The summed E-state index contributed by atoms with van der Waals surface area (Å²) in [5.41, 5.74) is 5.30. The van der Waals surface area contributed by atoms with Crippen LogP contribution < -0.4 is 33.5 Å². The molecule has 13 nitrogen and oxygen atoms in total. The number of aliphatic hydroxyl groups excluding tert-OH is 2. The van der Waals surface area contributed by atoms with Crippen LogP contribution in [0, 0.1) is 0 Å². The smallest absolute Gasteiger partial charge is 0.351 e. The number of quaternary nitrogens is 2. The molecule has 1 saturated heterocycles. The Kier molecular flexibility index (Phi) is 8.30. The SMILES string of the molecule is CCc1cn([C@@H]2O[C@H](COP(=O)([O-])[O-])[C@@H](O)[C@H]2O)c(=O)nc1N.[NH4+].[NH4+]. The Morgan fingerprint density at radius 1 is 1.40 bits per heavy atom. The van der Waals surface area contributed by atoms with Gasteiger partial charge in [0.1, 0.15) is 24.1 Å². The number of anilines is 1. The molecule has 0 spiro atoms. The van der Waals surface area contributed by atoms with Crippen LogP contribution in [0.25, 0.3) is 0 Å². The van der Waals surface area contributed by atoms with Gasteiger partial charge in [-0.05, 0) is 6.42 Å². The molecule has 0 bridgehead atoms. The fourth-order valence-corrected chi connectivity index (χ4v) is 2.57. The van der Waals surface area contributed by atoms with Crippen LogP contribution >= 0.6 is 7.82 Å². The topological polar surface area (TPSA) is 256 Å². The summed E-state index contributed by atoms with van der Waals surface area (Å²) in [5, 5.41) is 19.8. The second-order valence-electron chi connectivity index (χ2n) is 4.98. The number of nitrogens with two attached hydrogens (primary N) is 1. The molecule has 2 rings (SSSR count). The average Bonchev–Trinajstić information content (AvgIpc) is 2.73. The van der Waals surface area contributed by atoms with Crippen LogP contribution in [0.1, 0.15) is 18.7 Å². The molecule has 12 N–H and O–H groups in total. The normalized spacial score (nSPS) is 26.0. The number of nitrogen functional groups attached to an aromatic ring is 1. The van der Waals surface area contributed by atoms with Crippen molar-refractivity contribution in [3.05, 3.63) is 22.2 Å². The second kappa shape index (κ2) is 8.80. The highest BCUT2D eigenvalue weighted by molar-refractivity contribution is 7.43. The molecule has 1 fully saturated rings. The van der Waals surface area contributed by atoms with Gasteiger partial charge < -0.3 is 51.9 Å². The summed E-state index contributed by atoms with van der Waals surface area (Å²) in [4.78, 5) is 36.4. The zero-order valence-electron chi connectivity index (χ0n) is 14.1. The summed E-state index contributed by atoms with van der Waals surface area (Å²) in [7, 11) is -5.26. The Morgan fingerprint density at radius 2 is 2.00 bits per heavy atom. The van der Waals surface area contributed by atoms with E-state index in [1.54, 1.807) is 6.92 Å². The van der Waals surface area contributed by atoms with Gasteiger partial charge in [-0.3, -0.25) is 4.57 Å². The average molecular weight is 385 g/mol. The van der Waals surface area contributed by atoms with Crippen LogP contribution in [0.4, 0.5) is 5.82 Å². The third-order valence-electron chi connectivity index (χ3n) is 3.45. The molecule has 0 unspecified atom stereocenters. The third-order valence-corrected chi connectivity index (χ3v) is 3.92. The lowest BCUT2D eigenvalue weighted by atomic mass is 10.1. The van der Waals surface area contributed by atoms with Gasteiger partial charge in [0.05, 0.1) is 14.4 Å². The van der Waals surface area contributed by atoms with Crippen molar-refractivity contribution in [2.45, 2.75) is 37.9 Å². The van der Waals surface area contributed by atoms with E-state index < -0.39 is 44.7 Å². The zero-order valence-corrected chi connectivity index (χ0v) is 15.0. The number of nitrogens with zero attached hydrogens (tertiary/aromatic N) is 2. The van der Waals surface area contributed by atoms with Crippen molar-refractivity contribution in [1.82, 2.24) is 21.9 Å². The molecule has 4 atom stereocenters. The number of phosphoric ester groups is 1. The first kappa shape index (κ1) is 23.6. The van der Waals surface area contributed by atoms with E-state index in [1.165, 1.54) is 6.20 Å². The first-order valence-corrected chi connectivity index (χ1v) is 8.15. The molecule has 1 aliphatic heterocycles. The highest BCUT2D eigenvalue weighted by Gasteiger charge is 2.44. The summed E-state index contributed by atoms with van der Waals surface area (Å²) in [6.07, 6.45) is -3.93. The summed E-state index contributed by atoms with van der Waals surface area (Å²) in [5.74, 6) is 0.0420. The minimum atomic E-state index is -5.26. The van der Waals surface area contributed by atoms with Crippen LogP contribution in [0.15, 0.2) is 11.0 Å². The van der Waals surface area contributed by atoms with E-state index in [4.69, 9.17) is 10.5 Å². The molecule has 0 amide bonds. The van der Waals surface area contributed by atoms with Gasteiger partial charge in [0.15, 0.2) is 6.23 Å². The van der Waals surface area contributed by atoms with Crippen molar-refractivity contribution < 1.29 is 33.8 Å². The molecule has 0 radical (unpaired) electrons. The summed E-state index contributed by atoms with van der Waals surface area (Å²) in [6.45, 7) is 0.996. The third kappa shape index (κ3) is 5.28. The summed E-state index contributed by atoms with van der Waals surface area (Å²) < 4.78 is 20.7. The number of aliphatic hydroxyl groups is 2. The number of aromatic nitrogens is 2. The van der Waals surface area contributed by atoms with Crippen LogP contribution in [-0.4, -0.2) is 44.7 Å². The first-order chi connectivity index (χ1) is 10.6. The van der Waals surface area contributed by atoms with Crippen molar-refractivity contribution in [2.75, 3.05) is 12.3 Å². The highest BCUT2D eigenvalue weighted by Crippen LogP contribution is 2.32. The maximum Gasteiger partial charge on any atom is 0.351 e. The lowest BCUT2D eigenvalue weighted by Gasteiger charge is -2.30. The zero-order chi connectivity index (χ0) is 17.4. The molecule has 0 saturated carbocycles. The largest absolute Gasteiger partial charge is 0.790 e. The highest BCUT2D eigenvalue weighted by atomic mass is 31.2. The van der Waals surface area contributed by atoms with E-state index in [-0.39, 0.29) is 18.1 Å². The molecule has 1 aromatic rings. The lowest BCUT2D eigenvalue weighted by Crippen LogP contribution is -2.36. The number of hydrogen-bond donors (Lipinski definition) is 5. The van der Waals surface area contributed by atoms with Crippen LogP contribution in [0.3, 0.4) is 0 Å². The minimum absolute atomic E-state index is 0. The Morgan fingerprint density at radius 3 is 2.52 bits per heavy atom. The maximum absolute atomic E-state index is 11.9. The lowest BCUT2D eigenvalue weighted by molar-refractivity contribution is -0.343. The maximum atomic E-state index is 11.9. The standard InChI is InChI=1S/C11H18N3O8P.2H3N/c1-2-5-3-14(11(17)13-9(5)12)10-8(16)7(15)6(22-10)4-21-23(18,19)20;;/h3,6-8,10,15-16H,2,4H2,1H3,(H2,12,13,17)(H2,18,19,20);2*1H3/t6-,7-,8-,10-;;/m1../s1. The van der Waals surface area contributed by atoms with E-state index in [0.29, 0.717) is 12.0 Å². The number of ether oxygens (including phenoxy) is 1. The number of rotatable bonds is 5. The predicted molar refractivity (Wildman–Crippen MR) is 83.7 cm³/mol. The van der Waals surface area contributed by atoms with Gasteiger partial charge in [-0.25, -0.2) is 4.79 Å². The van der Waals surface area contributed by atoms with Gasteiger partial charge in [0, 0.05) is 11.8 Å². The summed E-state index contributed by atoms with van der Waals surface area (Å²) >= 11 is 0. The Hall–Kier alpha value is -1.41. The molecule has 0 aliphatic carbocycles. The quantitative estimate of drug-likeness (QED) is 0.335. The molecular weight excluding hydrogens is 361 g/mol. The van der Waals surface area contributed by atoms with E-state index in [0.717, 1.165) is 4.57 Å². The monoisotopic (exact) mass is 385 g/mol. The molecule has 1 aliphatic rings. The number of phosphoric acid groups is 1. The minimum Gasteiger partial charge on any atom is -0.790 e. The van der Waals surface area contributed by atoms with Crippen LogP contribution in [-0.2, 0) is 20.2 Å². The molecule has 0 aromatic carbocycles. The Balaban J connectivity index is 0.00000288. The Bertz CT molecular complexity index is 679. The fraction of sp³-hybridized carbons (Fsp3) is 0.636. The van der Waals surface area contributed by atoms with Crippen LogP contribution in [0.5, 0.6) is 0 Å². The van der Waals surface area contributed by atoms with Crippen molar-refractivity contribution in [1.29, 1.82) is 0 Å². The van der Waals surface area contributed by atoms with E-state index in [2.05, 4.69) is 9.51 Å². The summed E-state index contributed by atoms with van der Waals surface area (Å²) in [6, 6.07) is 0. The van der Waals surface area contributed by atoms with Crippen molar-refractivity contribution in [3.63, 3.8) is 0 Å². The van der Waals surface area contributed by atoms with Crippen molar-refractivity contribution in [3.8, 4) is 0 Å². The number of aryl methyl sites for hydroxylation is 1. The molecule has 146 valence electrons.